The maximum atomic E-state index is 12.7. The number of imide groups is 1. The van der Waals surface area contributed by atoms with Crippen molar-refractivity contribution in [1.29, 1.82) is 0 Å². The number of amides is 2. The maximum Gasteiger partial charge on any atom is 0.416 e. The molecule has 0 aromatic heterocycles. The van der Waals surface area contributed by atoms with Crippen LogP contribution in [-0.2, 0) is 15.8 Å². The van der Waals surface area contributed by atoms with E-state index in [2.05, 4.69) is 5.32 Å². The second-order valence-corrected chi connectivity index (χ2v) is 4.39. The number of carbonyl (C=O) groups is 2. The number of rotatable bonds is 1. The Hall–Kier alpha value is -2.05. The summed E-state index contributed by atoms with van der Waals surface area (Å²) in [5, 5.41) is 2.11. The van der Waals surface area contributed by atoms with Gasteiger partial charge in [-0.15, -0.1) is 0 Å². The number of alkyl halides is 3. The number of nitrogens with one attached hydrogen (secondary N) is 1. The fourth-order valence-electron chi connectivity index (χ4n) is 2.05. The van der Waals surface area contributed by atoms with Crippen LogP contribution in [0.3, 0.4) is 0 Å². The number of carbonyl (C=O) groups excluding carboxylic acids is 2. The van der Waals surface area contributed by atoms with E-state index in [-0.39, 0.29) is 24.1 Å². The highest BCUT2D eigenvalue weighted by Gasteiger charge is 2.34. The van der Waals surface area contributed by atoms with Gasteiger partial charge in [0, 0.05) is 12.1 Å². The lowest BCUT2D eigenvalue weighted by molar-refractivity contribution is -0.138. The molecule has 1 atom stereocenters. The Kier molecular flexibility index (Phi) is 3.21. The monoisotopic (exact) mass is 272 g/mol. The van der Waals surface area contributed by atoms with Crippen LogP contribution in [0.4, 0.5) is 18.9 Å². The number of hydrogen-bond donors (Lipinski definition) is 2. The van der Waals surface area contributed by atoms with E-state index < -0.39 is 29.5 Å². The van der Waals surface area contributed by atoms with Crippen LogP contribution < -0.4 is 11.1 Å². The zero-order valence-corrected chi connectivity index (χ0v) is 9.75. The molecule has 19 heavy (non-hydrogen) atoms. The van der Waals surface area contributed by atoms with Gasteiger partial charge >= 0.3 is 6.18 Å². The molecule has 0 bridgehead atoms. The smallest absolute Gasteiger partial charge is 0.399 e. The van der Waals surface area contributed by atoms with Gasteiger partial charge in [-0.05, 0) is 30.2 Å². The van der Waals surface area contributed by atoms with E-state index in [9.17, 15) is 22.8 Å². The second-order valence-electron chi connectivity index (χ2n) is 4.39. The van der Waals surface area contributed by atoms with Crippen LogP contribution in [0, 0.1) is 0 Å². The van der Waals surface area contributed by atoms with Gasteiger partial charge < -0.3 is 5.73 Å². The lowest BCUT2D eigenvalue weighted by Crippen LogP contribution is -2.39. The first-order valence-electron chi connectivity index (χ1n) is 5.59. The molecule has 3 N–H and O–H groups in total. The Balaban J connectivity index is 2.37. The number of hydrogen-bond acceptors (Lipinski definition) is 3. The molecular formula is C12H11F3N2O2. The van der Waals surface area contributed by atoms with E-state index in [1.54, 1.807) is 0 Å². The van der Waals surface area contributed by atoms with Gasteiger partial charge in [0.2, 0.25) is 11.8 Å². The predicted molar refractivity (Wildman–Crippen MR) is 61.0 cm³/mol. The molecule has 0 aliphatic carbocycles. The Morgan fingerprint density at radius 3 is 2.47 bits per heavy atom. The van der Waals surface area contributed by atoms with Gasteiger partial charge in [0.05, 0.1) is 11.5 Å². The van der Waals surface area contributed by atoms with Crippen LogP contribution in [0.25, 0.3) is 0 Å². The quantitative estimate of drug-likeness (QED) is 0.605. The summed E-state index contributed by atoms with van der Waals surface area (Å²) in [6, 6.07) is 3.04. The molecule has 7 heteroatoms. The fourth-order valence-corrected chi connectivity index (χ4v) is 2.05. The molecule has 1 aromatic carbocycles. The topological polar surface area (TPSA) is 72.2 Å². The van der Waals surface area contributed by atoms with Gasteiger partial charge in [-0.3, -0.25) is 14.9 Å². The minimum absolute atomic E-state index is 0.0606. The summed E-state index contributed by atoms with van der Waals surface area (Å²) in [6.07, 6.45) is -4.23. The Morgan fingerprint density at radius 2 is 1.89 bits per heavy atom. The molecule has 2 amide bonds. The number of nitrogen functional groups attached to an aromatic ring is 1. The first-order chi connectivity index (χ1) is 8.77. The summed E-state index contributed by atoms with van der Waals surface area (Å²) in [5.74, 6) is -1.78. The molecule has 1 heterocycles. The fraction of sp³-hybridized carbons (Fsp3) is 0.333. The zero-order valence-electron chi connectivity index (χ0n) is 9.75. The summed E-state index contributed by atoms with van der Waals surface area (Å²) in [6.45, 7) is 0. The first kappa shape index (κ1) is 13.4. The summed E-state index contributed by atoms with van der Waals surface area (Å²) in [5.41, 5.74) is 4.66. The molecule has 1 fully saturated rings. The van der Waals surface area contributed by atoms with Gasteiger partial charge in [-0.1, -0.05) is 0 Å². The van der Waals surface area contributed by atoms with E-state index in [1.165, 1.54) is 6.07 Å². The standard InChI is InChI=1S/C12H11F3N2O2/c13-12(14,15)7-3-6(4-8(16)5-7)9-1-2-10(18)17-11(9)19/h3-5,9H,1-2,16H2,(H,17,18,19). The summed E-state index contributed by atoms with van der Waals surface area (Å²) in [4.78, 5) is 22.6. The van der Waals surface area contributed by atoms with Crippen LogP contribution in [-0.4, -0.2) is 11.8 Å². The van der Waals surface area contributed by atoms with E-state index in [0.29, 0.717) is 0 Å². The average Bonchev–Trinajstić information content (AvgIpc) is 2.26. The number of nitrogens with two attached hydrogens (primary N) is 1. The van der Waals surface area contributed by atoms with Crippen molar-refractivity contribution >= 4 is 17.5 Å². The van der Waals surface area contributed by atoms with Crippen molar-refractivity contribution in [3.05, 3.63) is 29.3 Å². The van der Waals surface area contributed by atoms with Gasteiger partial charge in [0.1, 0.15) is 0 Å². The van der Waals surface area contributed by atoms with Crippen LogP contribution in [0.15, 0.2) is 18.2 Å². The van der Waals surface area contributed by atoms with Gasteiger partial charge in [-0.25, -0.2) is 0 Å². The molecular weight excluding hydrogens is 261 g/mol. The zero-order chi connectivity index (χ0) is 14.2. The van der Waals surface area contributed by atoms with Gasteiger partial charge in [-0.2, -0.15) is 13.2 Å². The summed E-state index contributed by atoms with van der Waals surface area (Å²) < 4.78 is 38.0. The average molecular weight is 272 g/mol. The van der Waals surface area contributed by atoms with Crippen molar-refractivity contribution in [2.45, 2.75) is 24.9 Å². The predicted octanol–water partition coefficient (Wildman–Crippen LogP) is 1.81. The minimum atomic E-state index is -4.52. The Labute approximate surface area is 106 Å². The molecule has 1 saturated heterocycles. The number of anilines is 1. The highest BCUT2D eigenvalue weighted by atomic mass is 19.4. The molecule has 1 aliphatic heterocycles. The SMILES string of the molecule is Nc1cc(C2CCC(=O)NC2=O)cc(C(F)(F)F)c1. The Morgan fingerprint density at radius 1 is 1.21 bits per heavy atom. The van der Waals surface area contributed by atoms with Crippen molar-refractivity contribution < 1.29 is 22.8 Å². The Bertz CT molecular complexity index is 540. The van der Waals surface area contributed by atoms with E-state index in [0.717, 1.165) is 12.1 Å². The molecule has 1 unspecified atom stereocenters. The third-order valence-corrected chi connectivity index (χ3v) is 2.95. The lowest BCUT2D eigenvalue weighted by Gasteiger charge is -2.22. The van der Waals surface area contributed by atoms with E-state index >= 15 is 0 Å². The molecule has 1 aromatic rings. The first-order valence-corrected chi connectivity index (χ1v) is 5.59. The summed E-state index contributed by atoms with van der Waals surface area (Å²) in [7, 11) is 0. The van der Waals surface area contributed by atoms with Crippen LogP contribution >= 0.6 is 0 Å². The lowest BCUT2D eigenvalue weighted by atomic mass is 9.89. The maximum absolute atomic E-state index is 12.7. The van der Waals surface area contributed by atoms with E-state index in [4.69, 9.17) is 5.73 Å². The third-order valence-electron chi connectivity index (χ3n) is 2.95. The highest BCUT2D eigenvalue weighted by molar-refractivity contribution is 6.01. The van der Waals surface area contributed by atoms with Crippen LogP contribution in [0.1, 0.15) is 29.9 Å². The molecule has 1 aliphatic rings. The molecule has 0 radical (unpaired) electrons. The number of benzene rings is 1. The van der Waals surface area contributed by atoms with Crippen LogP contribution in [0.5, 0.6) is 0 Å². The molecule has 0 saturated carbocycles. The van der Waals surface area contributed by atoms with Crippen molar-refractivity contribution in [2.75, 3.05) is 5.73 Å². The number of piperidine rings is 1. The van der Waals surface area contributed by atoms with Gasteiger partial charge in [0.25, 0.3) is 0 Å². The van der Waals surface area contributed by atoms with Gasteiger partial charge in [0.15, 0.2) is 0 Å². The highest BCUT2D eigenvalue weighted by Crippen LogP contribution is 2.34. The minimum Gasteiger partial charge on any atom is -0.399 e. The van der Waals surface area contributed by atoms with Crippen molar-refractivity contribution in [1.82, 2.24) is 5.32 Å². The van der Waals surface area contributed by atoms with Crippen molar-refractivity contribution in [2.24, 2.45) is 0 Å². The normalized spacial score (nSPS) is 20.3. The third kappa shape index (κ3) is 2.86. The summed E-state index contributed by atoms with van der Waals surface area (Å²) >= 11 is 0. The second kappa shape index (κ2) is 4.56. The van der Waals surface area contributed by atoms with Crippen molar-refractivity contribution in [3.8, 4) is 0 Å². The molecule has 0 spiro atoms. The van der Waals surface area contributed by atoms with E-state index in [1.807, 2.05) is 0 Å². The number of halogens is 3. The molecule has 2 rings (SSSR count). The van der Waals surface area contributed by atoms with Crippen LogP contribution in [0.2, 0.25) is 0 Å². The molecule has 102 valence electrons. The largest absolute Gasteiger partial charge is 0.416 e. The molecule has 4 nitrogen and oxygen atoms in total. The van der Waals surface area contributed by atoms with Crippen molar-refractivity contribution in [3.63, 3.8) is 0 Å².